The standard InChI is InChI=1S/C9H17N3O4/c1-4(10)7(13)11-5(2)8(14)12-6(3)9(15)16/h4-6H,10H2,1-3H3,(H,11,13)(H,12,14)(H,15,16)/t4-,5-,6-/m0/s1/i1D3,2D3,4D,5D. The highest BCUT2D eigenvalue weighted by Gasteiger charge is 2.21. The second-order valence-electron chi connectivity index (χ2n) is 2.78. The van der Waals surface area contributed by atoms with Crippen LogP contribution >= 0.6 is 0 Å². The van der Waals surface area contributed by atoms with Gasteiger partial charge in [0, 0.05) is 8.22 Å². The lowest BCUT2D eigenvalue weighted by molar-refractivity contribution is -0.141. The van der Waals surface area contributed by atoms with E-state index in [-0.39, 0.29) is 0 Å². The smallest absolute Gasteiger partial charge is 0.325 e. The van der Waals surface area contributed by atoms with Gasteiger partial charge >= 0.3 is 5.97 Å². The van der Waals surface area contributed by atoms with Crippen molar-refractivity contribution in [1.29, 1.82) is 0 Å². The molecule has 92 valence electrons. The number of amides is 2. The summed E-state index contributed by atoms with van der Waals surface area (Å²) in [6.07, 6.45) is 0. The van der Waals surface area contributed by atoms with Gasteiger partial charge in [0.1, 0.15) is 12.1 Å². The van der Waals surface area contributed by atoms with Crippen LogP contribution in [0.2, 0.25) is 0 Å². The van der Waals surface area contributed by atoms with Crippen LogP contribution in [0.25, 0.3) is 0 Å². The molecule has 0 saturated carbocycles. The van der Waals surface area contributed by atoms with Gasteiger partial charge in [0.25, 0.3) is 0 Å². The molecule has 0 aliphatic rings. The molecular weight excluding hydrogens is 214 g/mol. The summed E-state index contributed by atoms with van der Waals surface area (Å²) in [5.41, 5.74) is 5.04. The summed E-state index contributed by atoms with van der Waals surface area (Å²) in [6.45, 7) is -5.92. The minimum atomic E-state index is -3.52. The number of rotatable bonds is 5. The Morgan fingerprint density at radius 2 is 1.94 bits per heavy atom. The molecule has 2 amide bonds. The van der Waals surface area contributed by atoms with Crippen molar-refractivity contribution in [1.82, 2.24) is 10.6 Å². The molecular formula is C9H17N3O4. The largest absolute Gasteiger partial charge is 0.480 e. The van der Waals surface area contributed by atoms with E-state index in [1.54, 1.807) is 5.32 Å². The maximum atomic E-state index is 12.0. The van der Waals surface area contributed by atoms with Crippen molar-refractivity contribution in [2.24, 2.45) is 5.73 Å². The fourth-order valence-corrected chi connectivity index (χ4v) is 0.568. The summed E-state index contributed by atoms with van der Waals surface area (Å²) in [4.78, 5) is 34.5. The van der Waals surface area contributed by atoms with Crippen LogP contribution in [0.5, 0.6) is 0 Å². The Hall–Kier alpha value is -1.63. The van der Waals surface area contributed by atoms with Crippen molar-refractivity contribution >= 4 is 17.8 Å². The molecule has 0 heterocycles. The van der Waals surface area contributed by atoms with E-state index < -0.39 is 49.6 Å². The Morgan fingerprint density at radius 1 is 1.31 bits per heavy atom. The Kier molecular flexibility index (Phi) is 2.13. The van der Waals surface area contributed by atoms with E-state index in [2.05, 4.69) is 0 Å². The summed E-state index contributed by atoms with van der Waals surface area (Å²) in [5, 5.41) is 11.7. The van der Waals surface area contributed by atoms with E-state index in [1.807, 2.05) is 0 Å². The molecule has 5 N–H and O–H groups in total. The first-order valence-electron chi connectivity index (χ1n) is 8.03. The van der Waals surface area contributed by atoms with Gasteiger partial charge in [0.2, 0.25) is 11.8 Å². The SMILES string of the molecule is [2H]C([2H])([2H])[C@]([2H])(N)C(=O)N[C@]([2H])(C(=O)N[C@@H](C)C(=O)O)C([2H])([2H])[2H]. The Morgan fingerprint density at radius 3 is 2.38 bits per heavy atom. The van der Waals surface area contributed by atoms with Gasteiger partial charge in [-0.2, -0.15) is 0 Å². The van der Waals surface area contributed by atoms with Crippen LogP contribution in [0.1, 0.15) is 31.6 Å². The Bertz CT molecular complexity index is 532. The van der Waals surface area contributed by atoms with E-state index in [9.17, 15) is 14.4 Å². The average molecular weight is 239 g/mol. The number of hydrogen-bond acceptors (Lipinski definition) is 4. The number of hydrogen-bond donors (Lipinski definition) is 4. The number of aliphatic carboxylic acids is 1. The molecule has 7 nitrogen and oxygen atoms in total. The van der Waals surface area contributed by atoms with Crippen LogP contribution < -0.4 is 16.4 Å². The van der Waals surface area contributed by atoms with E-state index in [0.29, 0.717) is 0 Å². The van der Waals surface area contributed by atoms with Crippen LogP contribution in [0.15, 0.2) is 0 Å². The summed E-state index contributed by atoms with van der Waals surface area (Å²) >= 11 is 0. The van der Waals surface area contributed by atoms with E-state index in [1.165, 1.54) is 5.32 Å². The monoisotopic (exact) mass is 239 g/mol. The van der Waals surface area contributed by atoms with Crippen LogP contribution in [0.3, 0.4) is 0 Å². The predicted octanol–water partition coefficient (Wildman–Crippen LogP) is -1.57. The quantitative estimate of drug-likeness (QED) is 0.461. The number of carboxylic acids is 1. The number of nitrogens with one attached hydrogen (secondary N) is 2. The second-order valence-corrected chi connectivity index (χ2v) is 2.78. The summed E-state index contributed by atoms with van der Waals surface area (Å²) in [5.74, 6) is -5.18. The molecule has 0 aromatic carbocycles. The molecule has 0 fully saturated rings. The number of carbonyl (C=O) groups excluding carboxylic acids is 2. The van der Waals surface area contributed by atoms with E-state index in [0.717, 1.165) is 6.92 Å². The topological polar surface area (TPSA) is 122 Å². The molecule has 0 aliphatic carbocycles. The lowest BCUT2D eigenvalue weighted by Crippen LogP contribution is -2.52. The molecule has 0 aromatic heterocycles. The first kappa shape index (κ1) is 5.62. The van der Waals surface area contributed by atoms with E-state index >= 15 is 0 Å². The lowest BCUT2D eigenvalue weighted by Gasteiger charge is -2.17. The van der Waals surface area contributed by atoms with Crippen LogP contribution in [0.4, 0.5) is 0 Å². The fourth-order valence-electron chi connectivity index (χ4n) is 0.568. The van der Waals surface area contributed by atoms with Gasteiger partial charge < -0.3 is 21.5 Å². The maximum absolute atomic E-state index is 12.0. The molecule has 0 spiro atoms. The van der Waals surface area contributed by atoms with Crippen LogP contribution in [0, 0.1) is 0 Å². The van der Waals surface area contributed by atoms with Crippen molar-refractivity contribution in [3.8, 4) is 0 Å². The molecule has 0 bridgehead atoms. The minimum absolute atomic E-state index is 0.974. The second kappa shape index (κ2) is 6.06. The number of carboxylic acid groups (broad SMARTS) is 1. The van der Waals surface area contributed by atoms with Crippen molar-refractivity contribution in [2.45, 2.75) is 38.7 Å². The summed E-state index contributed by atoms with van der Waals surface area (Å²) in [7, 11) is 0. The molecule has 7 heteroatoms. The third kappa shape index (κ3) is 4.74. The third-order valence-electron chi connectivity index (χ3n) is 1.43. The number of nitrogens with two attached hydrogens (primary N) is 1. The van der Waals surface area contributed by atoms with Crippen molar-refractivity contribution < 1.29 is 30.5 Å². The molecule has 0 unspecified atom stereocenters. The average Bonchev–Trinajstić information content (AvgIpc) is 2.35. The zero-order chi connectivity index (χ0) is 19.7. The maximum Gasteiger partial charge on any atom is 0.325 e. The Labute approximate surface area is 105 Å². The van der Waals surface area contributed by atoms with E-state index in [4.69, 9.17) is 21.8 Å². The predicted molar refractivity (Wildman–Crippen MR) is 56.5 cm³/mol. The highest BCUT2D eigenvalue weighted by molar-refractivity contribution is 5.91. The summed E-state index contributed by atoms with van der Waals surface area (Å²) in [6, 6.07) is -8.38. The zero-order valence-electron chi connectivity index (χ0n) is 16.3. The van der Waals surface area contributed by atoms with Crippen LogP contribution in [-0.4, -0.2) is 41.0 Å². The van der Waals surface area contributed by atoms with Crippen LogP contribution in [-0.2, 0) is 14.4 Å². The van der Waals surface area contributed by atoms with Crippen molar-refractivity contribution in [2.75, 3.05) is 0 Å². The first-order valence-corrected chi connectivity index (χ1v) is 4.03. The van der Waals surface area contributed by atoms with Crippen molar-refractivity contribution in [3.63, 3.8) is 0 Å². The molecule has 0 radical (unpaired) electrons. The zero-order valence-corrected chi connectivity index (χ0v) is 8.33. The molecule has 3 atom stereocenters. The normalized spacial score (nSPS) is 28.6. The molecule has 0 rings (SSSR count). The highest BCUT2D eigenvalue weighted by Crippen LogP contribution is 1.88. The first-order chi connectivity index (χ1) is 10.4. The highest BCUT2D eigenvalue weighted by atomic mass is 16.4. The van der Waals surface area contributed by atoms with Gasteiger partial charge in [-0.15, -0.1) is 0 Å². The fraction of sp³-hybridized carbons (Fsp3) is 0.667. The minimum Gasteiger partial charge on any atom is -0.480 e. The molecule has 0 aliphatic heterocycles. The van der Waals surface area contributed by atoms with Crippen molar-refractivity contribution in [3.05, 3.63) is 0 Å². The summed E-state index contributed by atoms with van der Waals surface area (Å²) < 4.78 is 57.6. The lowest BCUT2D eigenvalue weighted by atomic mass is 10.2. The Balaban J connectivity index is 5.70. The van der Waals surface area contributed by atoms with Gasteiger partial charge in [-0.1, -0.05) is 0 Å². The van der Waals surface area contributed by atoms with Gasteiger partial charge in [-0.25, -0.2) is 0 Å². The van der Waals surface area contributed by atoms with Gasteiger partial charge in [-0.05, 0) is 20.6 Å². The number of carbonyl (C=O) groups is 3. The van der Waals surface area contributed by atoms with Gasteiger partial charge in [0.15, 0.2) is 0 Å². The molecule has 0 saturated heterocycles. The molecule has 16 heavy (non-hydrogen) atoms. The third-order valence-corrected chi connectivity index (χ3v) is 1.43. The molecule has 0 aromatic rings. The van der Waals surface area contributed by atoms with Gasteiger partial charge in [-0.3, -0.25) is 14.4 Å². The van der Waals surface area contributed by atoms with Gasteiger partial charge in [0.05, 0.1) is 8.76 Å².